The minimum Gasteiger partial charge on any atom is -0.378 e. The van der Waals surface area contributed by atoms with E-state index in [0.717, 1.165) is 24.4 Å². The Kier molecular flexibility index (Phi) is 5.46. The van der Waals surface area contributed by atoms with E-state index in [-0.39, 0.29) is 0 Å². The molecule has 1 heterocycles. The molecule has 0 amide bonds. The highest BCUT2D eigenvalue weighted by molar-refractivity contribution is 7.99. The SMILES string of the molecule is CSC1CCCCC1NCCC1CCCO1. The van der Waals surface area contributed by atoms with E-state index in [9.17, 15) is 0 Å². The number of ether oxygens (including phenoxy) is 1. The van der Waals surface area contributed by atoms with Crippen molar-refractivity contribution in [2.24, 2.45) is 0 Å². The van der Waals surface area contributed by atoms with E-state index in [2.05, 4.69) is 11.6 Å². The Balaban J connectivity index is 1.63. The van der Waals surface area contributed by atoms with Gasteiger partial charge in [-0.1, -0.05) is 12.8 Å². The van der Waals surface area contributed by atoms with E-state index in [1.54, 1.807) is 0 Å². The largest absolute Gasteiger partial charge is 0.378 e. The highest BCUT2D eigenvalue weighted by Gasteiger charge is 2.24. The summed E-state index contributed by atoms with van der Waals surface area (Å²) in [7, 11) is 0. The first-order chi connectivity index (χ1) is 7.90. The first kappa shape index (κ1) is 12.7. The highest BCUT2D eigenvalue weighted by Crippen LogP contribution is 2.27. The van der Waals surface area contributed by atoms with E-state index < -0.39 is 0 Å². The average molecular weight is 243 g/mol. The highest BCUT2D eigenvalue weighted by atomic mass is 32.2. The van der Waals surface area contributed by atoms with Gasteiger partial charge in [0.2, 0.25) is 0 Å². The molecule has 0 aromatic rings. The van der Waals surface area contributed by atoms with Gasteiger partial charge in [-0.05, 0) is 44.9 Å². The van der Waals surface area contributed by atoms with Gasteiger partial charge in [-0.15, -0.1) is 0 Å². The van der Waals surface area contributed by atoms with Gasteiger partial charge in [-0.3, -0.25) is 0 Å². The molecule has 2 aliphatic rings. The Labute approximate surface area is 104 Å². The van der Waals surface area contributed by atoms with Gasteiger partial charge >= 0.3 is 0 Å². The third-order valence-corrected chi connectivity index (χ3v) is 5.07. The van der Waals surface area contributed by atoms with Gasteiger partial charge < -0.3 is 10.1 Å². The first-order valence-electron chi connectivity index (χ1n) is 6.78. The van der Waals surface area contributed by atoms with Crippen molar-refractivity contribution in [2.45, 2.75) is 62.3 Å². The van der Waals surface area contributed by atoms with Crippen LogP contribution >= 0.6 is 11.8 Å². The monoisotopic (exact) mass is 243 g/mol. The average Bonchev–Trinajstić information content (AvgIpc) is 2.83. The molecule has 0 spiro atoms. The maximum absolute atomic E-state index is 5.65. The van der Waals surface area contributed by atoms with Crippen molar-refractivity contribution in [3.63, 3.8) is 0 Å². The third-order valence-electron chi connectivity index (χ3n) is 3.90. The van der Waals surface area contributed by atoms with E-state index in [1.165, 1.54) is 44.9 Å². The van der Waals surface area contributed by atoms with Crippen LogP contribution in [0.15, 0.2) is 0 Å². The van der Waals surface area contributed by atoms with E-state index >= 15 is 0 Å². The molecule has 2 fully saturated rings. The lowest BCUT2D eigenvalue weighted by molar-refractivity contribution is 0.103. The summed E-state index contributed by atoms with van der Waals surface area (Å²) in [5.74, 6) is 0. The standard InChI is InChI=1S/C13H25NOS/c1-16-13-7-3-2-6-12(13)14-9-8-11-5-4-10-15-11/h11-14H,2-10H2,1H3. The summed E-state index contributed by atoms with van der Waals surface area (Å²) in [6.07, 6.45) is 12.2. The molecule has 94 valence electrons. The summed E-state index contributed by atoms with van der Waals surface area (Å²) in [5.41, 5.74) is 0. The zero-order chi connectivity index (χ0) is 11.2. The molecule has 1 aliphatic heterocycles. The van der Waals surface area contributed by atoms with Crippen LogP contribution in [0.4, 0.5) is 0 Å². The summed E-state index contributed by atoms with van der Waals surface area (Å²) in [6.45, 7) is 2.13. The molecule has 0 aromatic heterocycles. The van der Waals surface area contributed by atoms with Crippen molar-refractivity contribution in [3.05, 3.63) is 0 Å². The minimum atomic E-state index is 0.545. The molecule has 1 saturated carbocycles. The summed E-state index contributed by atoms with van der Waals surface area (Å²) >= 11 is 2.04. The first-order valence-corrected chi connectivity index (χ1v) is 8.06. The molecule has 2 nitrogen and oxygen atoms in total. The summed E-state index contributed by atoms with van der Waals surface area (Å²) in [4.78, 5) is 0. The van der Waals surface area contributed by atoms with E-state index in [0.29, 0.717) is 6.10 Å². The number of hydrogen-bond donors (Lipinski definition) is 1. The molecule has 0 radical (unpaired) electrons. The fourth-order valence-corrected chi connectivity index (χ4v) is 3.88. The second-order valence-corrected chi connectivity index (χ2v) is 6.12. The number of hydrogen-bond acceptors (Lipinski definition) is 3. The van der Waals surface area contributed by atoms with Gasteiger partial charge in [0.25, 0.3) is 0 Å². The lowest BCUT2D eigenvalue weighted by atomic mass is 9.94. The predicted molar refractivity (Wildman–Crippen MR) is 71.2 cm³/mol. The van der Waals surface area contributed by atoms with E-state index in [4.69, 9.17) is 4.74 Å². The second-order valence-electron chi connectivity index (χ2n) is 5.04. The van der Waals surface area contributed by atoms with Crippen molar-refractivity contribution in [2.75, 3.05) is 19.4 Å². The Morgan fingerprint density at radius 2 is 2.06 bits per heavy atom. The van der Waals surface area contributed by atoms with Crippen LogP contribution < -0.4 is 5.32 Å². The number of nitrogens with one attached hydrogen (secondary N) is 1. The van der Waals surface area contributed by atoms with Crippen molar-refractivity contribution >= 4 is 11.8 Å². The van der Waals surface area contributed by atoms with Crippen LogP contribution in [0, 0.1) is 0 Å². The molecule has 3 unspecified atom stereocenters. The Bertz CT molecular complexity index is 194. The Hall–Kier alpha value is 0.270. The summed E-state index contributed by atoms with van der Waals surface area (Å²) in [6, 6.07) is 0.755. The van der Waals surface area contributed by atoms with Gasteiger partial charge in [0, 0.05) is 17.9 Å². The zero-order valence-corrected chi connectivity index (χ0v) is 11.2. The van der Waals surface area contributed by atoms with Gasteiger partial charge in [-0.2, -0.15) is 11.8 Å². The zero-order valence-electron chi connectivity index (χ0n) is 10.4. The quantitative estimate of drug-likeness (QED) is 0.802. The van der Waals surface area contributed by atoms with Crippen LogP contribution in [0.3, 0.4) is 0 Å². The van der Waals surface area contributed by atoms with Crippen molar-refractivity contribution in [3.8, 4) is 0 Å². The Morgan fingerprint density at radius 1 is 1.19 bits per heavy atom. The molecular weight excluding hydrogens is 218 g/mol. The molecule has 2 rings (SSSR count). The van der Waals surface area contributed by atoms with Crippen LogP contribution in [0.25, 0.3) is 0 Å². The van der Waals surface area contributed by atoms with Crippen molar-refractivity contribution in [1.82, 2.24) is 5.32 Å². The third kappa shape index (κ3) is 3.64. The maximum atomic E-state index is 5.65. The van der Waals surface area contributed by atoms with Crippen LogP contribution in [0.5, 0.6) is 0 Å². The molecule has 3 heteroatoms. The number of rotatable bonds is 5. The topological polar surface area (TPSA) is 21.3 Å². The van der Waals surface area contributed by atoms with Gasteiger partial charge in [0.05, 0.1) is 6.10 Å². The van der Waals surface area contributed by atoms with Crippen molar-refractivity contribution in [1.29, 1.82) is 0 Å². The fraction of sp³-hybridized carbons (Fsp3) is 1.00. The van der Waals surface area contributed by atoms with Gasteiger partial charge in [-0.25, -0.2) is 0 Å². The molecule has 3 atom stereocenters. The number of thioether (sulfide) groups is 1. The molecular formula is C13H25NOS. The predicted octanol–water partition coefficient (Wildman–Crippen LogP) is 2.82. The second kappa shape index (κ2) is 6.87. The van der Waals surface area contributed by atoms with E-state index in [1.807, 2.05) is 11.8 Å². The van der Waals surface area contributed by atoms with Crippen LogP contribution in [-0.4, -0.2) is 36.8 Å². The minimum absolute atomic E-state index is 0.545. The molecule has 1 N–H and O–H groups in total. The van der Waals surface area contributed by atoms with Crippen LogP contribution in [0.2, 0.25) is 0 Å². The summed E-state index contributed by atoms with van der Waals surface area (Å²) < 4.78 is 5.65. The fourth-order valence-electron chi connectivity index (χ4n) is 2.91. The van der Waals surface area contributed by atoms with Gasteiger partial charge in [0.1, 0.15) is 0 Å². The normalized spacial score (nSPS) is 35.4. The molecule has 16 heavy (non-hydrogen) atoms. The lowest BCUT2D eigenvalue weighted by Gasteiger charge is -2.31. The molecule has 0 aromatic carbocycles. The molecule has 0 bridgehead atoms. The molecule has 1 aliphatic carbocycles. The maximum Gasteiger partial charge on any atom is 0.0588 e. The van der Waals surface area contributed by atoms with Gasteiger partial charge in [0.15, 0.2) is 0 Å². The lowest BCUT2D eigenvalue weighted by Crippen LogP contribution is -2.41. The molecule has 1 saturated heterocycles. The smallest absolute Gasteiger partial charge is 0.0588 e. The van der Waals surface area contributed by atoms with Crippen LogP contribution in [-0.2, 0) is 4.74 Å². The summed E-state index contributed by atoms with van der Waals surface area (Å²) in [5, 5.41) is 4.59. The van der Waals surface area contributed by atoms with Crippen molar-refractivity contribution < 1.29 is 4.74 Å². The Morgan fingerprint density at radius 3 is 2.81 bits per heavy atom. The van der Waals surface area contributed by atoms with Crippen LogP contribution in [0.1, 0.15) is 44.9 Å².